The number of carbonyl (C=O) groups excluding carboxylic acids is 2. The highest BCUT2D eigenvalue weighted by atomic mass is 27.0. The molecule has 0 saturated heterocycles. The van der Waals surface area contributed by atoms with Gasteiger partial charge in [0.15, 0.2) is 0 Å². The van der Waals surface area contributed by atoms with Crippen LogP contribution in [-0.4, -0.2) is 28.9 Å². The normalized spacial score (nSPS) is 9.09. The molecular weight excluding hydrogens is 155 g/mol. The summed E-state index contributed by atoms with van der Waals surface area (Å²) < 4.78 is 0. The maximum atomic E-state index is 10.8. The van der Waals surface area contributed by atoms with Crippen molar-refractivity contribution in [1.29, 1.82) is 0 Å². The van der Waals surface area contributed by atoms with Crippen LogP contribution in [0.25, 0.3) is 0 Å². The van der Waals surface area contributed by atoms with E-state index >= 15 is 0 Å². The van der Waals surface area contributed by atoms with E-state index in [4.69, 9.17) is 0 Å². The predicted molar refractivity (Wildman–Crippen MR) is 45.5 cm³/mol. The van der Waals surface area contributed by atoms with Crippen LogP contribution < -0.4 is 0 Å². The summed E-state index contributed by atoms with van der Waals surface area (Å²) in [5.74, 6) is 0.389. The number of rotatable bonds is 4. The van der Waals surface area contributed by atoms with Crippen molar-refractivity contribution in [2.75, 3.05) is 0 Å². The van der Waals surface area contributed by atoms with Crippen LogP contribution in [-0.2, 0) is 9.59 Å². The van der Waals surface area contributed by atoms with Crippen LogP contribution in [0.2, 0.25) is 0 Å². The van der Waals surface area contributed by atoms with Crippen LogP contribution in [0.5, 0.6) is 0 Å². The van der Waals surface area contributed by atoms with E-state index in [2.05, 4.69) is 0 Å². The fraction of sp³-hybridized carbons (Fsp3) is 0.750. The molecule has 0 aromatic rings. The lowest BCUT2D eigenvalue weighted by Gasteiger charge is -2.00. The third-order valence-electron chi connectivity index (χ3n) is 1.08. The van der Waals surface area contributed by atoms with Gasteiger partial charge in [0.1, 0.15) is 11.6 Å². The van der Waals surface area contributed by atoms with Gasteiger partial charge in [-0.3, -0.25) is 9.59 Å². The van der Waals surface area contributed by atoms with Crippen molar-refractivity contribution in [2.45, 2.75) is 33.6 Å². The largest absolute Gasteiger partial charge is 0.300 e. The molecule has 0 aromatic carbocycles. The van der Waals surface area contributed by atoms with Crippen molar-refractivity contribution >= 4 is 28.9 Å². The lowest BCUT2D eigenvalue weighted by atomic mass is 10.0. The van der Waals surface area contributed by atoms with Crippen molar-refractivity contribution in [3.05, 3.63) is 0 Å². The summed E-state index contributed by atoms with van der Waals surface area (Å²) in [6.45, 7) is 5.38. The summed E-state index contributed by atoms with van der Waals surface area (Å²) >= 11 is 0. The number of hydrogen-bond acceptors (Lipinski definition) is 2. The minimum atomic E-state index is -0.0364. The summed E-state index contributed by atoms with van der Waals surface area (Å²) in [5, 5.41) is 0. The second-order valence-electron chi connectivity index (χ2n) is 3.02. The number of ketones is 2. The molecule has 11 heavy (non-hydrogen) atoms. The highest BCUT2D eigenvalue weighted by Gasteiger charge is 2.06. The van der Waals surface area contributed by atoms with Gasteiger partial charge in [0.2, 0.25) is 0 Å². The lowest BCUT2D eigenvalue weighted by Crippen LogP contribution is -2.06. The Kier molecular flexibility index (Phi) is 8.05. The number of Topliss-reactive ketones (excluding diaryl/α,β-unsaturated/α-hetero) is 2. The van der Waals surface area contributed by atoms with Crippen LogP contribution in [0.4, 0.5) is 0 Å². The Morgan fingerprint density at radius 3 is 2.00 bits per heavy atom. The van der Waals surface area contributed by atoms with Crippen molar-refractivity contribution < 1.29 is 9.59 Å². The summed E-state index contributed by atoms with van der Waals surface area (Å²) in [7, 11) is 0. The Hall–Kier alpha value is -0.128. The molecule has 0 N–H and O–H groups in total. The topological polar surface area (TPSA) is 34.1 Å². The van der Waals surface area contributed by atoms with Gasteiger partial charge in [-0.15, -0.1) is 0 Å². The molecule has 0 aliphatic rings. The van der Waals surface area contributed by atoms with Gasteiger partial charge in [0.05, 0.1) is 6.42 Å². The molecule has 0 atom stereocenters. The number of carbonyl (C=O) groups is 2. The summed E-state index contributed by atoms with van der Waals surface area (Å²) in [5.41, 5.74) is 0. The molecule has 0 rings (SSSR count). The Balaban J connectivity index is 0. The molecule has 0 bridgehead atoms. The first kappa shape index (κ1) is 13.5. The molecule has 0 aromatic heterocycles. The maximum absolute atomic E-state index is 10.8. The molecule has 0 spiro atoms. The molecule has 61 valence electrons. The Labute approximate surface area is 78.5 Å². The maximum Gasteiger partial charge on any atom is 0.140 e. The van der Waals surface area contributed by atoms with E-state index in [-0.39, 0.29) is 35.3 Å². The van der Waals surface area contributed by atoms with Crippen LogP contribution in [0.15, 0.2) is 0 Å². The second-order valence-corrected chi connectivity index (χ2v) is 3.02. The minimum absolute atomic E-state index is 0. The SMILES string of the molecule is CC(=O)CC(=O)CC(C)C.[Al]. The first-order chi connectivity index (χ1) is 4.52. The van der Waals surface area contributed by atoms with E-state index < -0.39 is 0 Å². The van der Waals surface area contributed by atoms with Gasteiger partial charge in [-0.25, -0.2) is 0 Å². The second kappa shape index (κ2) is 6.57. The zero-order chi connectivity index (χ0) is 8.15. The van der Waals surface area contributed by atoms with Gasteiger partial charge >= 0.3 is 0 Å². The molecular formula is C8H14AlO2. The highest BCUT2D eigenvalue weighted by molar-refractivity contribution is 5.97. The van der Waals surface area contributed by atoms with Crippen LogP contribution in [0.3, 0.4) is 0 Å². The van der Waals surface area contributed by atoms with Gasteiger partial charge in [0.25, 0.3) is 0 Å². The van der Waals surface area contributed by atoms with Gasteiger partial charge in [0, 0.05) is 23.8 Å². The molecule has 0 aliphatic carbocycles. The quantitative estimate of drug-likeness (QED) is 0.468. The average Bonchev–Trinajstić information content (AvgIpc) is 1.58. The standard InChI is InChI=1S/C8H14O2.Al/c1-6(2)4-8(10)5-7(3)9;/h6H,4-5H2,1-3H3;. The summed E-state index contributed by atoms with van der Waals surface area (Å²) in [4.78, 5) is 21.3. The van der Waals surface area contributed by atoms with Gasteiger partial charge in [-0.05, 0) is 12.8 Å². The zero-order valence-electron chi connectivity index (χ0n) is 7.39. The first-order valence-electron chi connectivity index (χ1n) is 3.53. The molecule has 0 heterocycles. The molecule has 0 saturated carbocycles. The molecule has 3 heteroatoms. The summed E-state index contributed by atoms with van der Waals surface area (Å²) in [6, 6.07) is 0. The predicted octanol–water partition coefficient (Wildman–Crippen LogP) is 1.20. The smallest absolute Gasteiger partial charge is 0.140 e. The highest BCUT2D eigenvalue weighted by Crippen LogP contribution is 2.02. The Morgan fingerprint density at radius 1 is 1.27 bits per heavy atom. The fourth-order valence-electron chi connectivity index (χ4n) is 0.805. The van der Waals surface area contributed by atoms with Crippen LogP contribution >= 0.6 is 0 Å². The fourth-order valence-corrected chi connectivity index (χ4v) is 0.805. The van der Waals surface area contributed by atoms with Gasteiger partial charge in [-0.1, -0.05) is 13.8 Å². The Bertz CT molecular complexity index is 141. The monoisotopic (exact) mass is 169 g/mol. The van der Waals surface area contributed by atoms with E-state index in [0.29, 0.717) is 12.3 Å². The van der Waals surface area contributed by atoms with Crippen LogP contribution in [0, 0.1) is 5.92 Å². The van der Waals surface area contributed by atoms with Gasteiger partial charge < -0.3 is 0 Å². The zero-order valence-corrected chi connectivity index (χ0v) is 8.54. The van der Waals surface area contributed by atoms with E-state index in [1.165, 1.54) is 6.92 Å². The van der Waals surface area contributed by atoms with Crippen molar-refractivity contribution in [1.82, 2.24) is 0 Å². The summed E-state index contributed by atoms with van der Waals surface area (Å²) in [6.07, 6.45) is 0.637. The van der Waals surface area contributed by atoms with E-state index in [0.717, 1.165) is 0 Å². The van der Waals surface area contributed by atoms with Gasteiger partial charge in [-0.2, -0.15) is 0 Å². The third-order valence-corrected chi connectivity index (χ3v) is 1.08. The van der Waals surface area contributed by atoms with Crippen LogP contribution in [0.1, 0.15) is 33.6 Å². The third kappa shape index (κ3) is 9.87. The molecule has 0 fully saturated rings. The first-order valence-corrected chi connectivity index (χ1v) is 3.53. The molecule has 3 radical (unpaired) electrons. The van der Waals surface area contributed by atoms with E-state index in [9.17, 15) is 9.59 Å². The minimum Gasteiger partial charge on any atom is -0.300 e. The molecule has 0 unspecified atom stereocenters. The van der Waals surface area contributed by atoms with Crippen molar-refractivity contribution in [3.63, 3.8) is 0 Å². The molecule has 0 aliphatic heterocycles. The lowest BCUT2D eigenvalue weighted by molar-refractivity contribution is -0.126. The number of hydrogen-bond donors (Lipinski definition) is 0. The van der Waals surface area contributed by atoms with E-state index in [1.54, 1.807) is 0 Å². The average molecular weight is 169 g/mol. The molecule has 2 nitrogen and oxygen atoms in total. The van der Waals surface area contributed by atoms with Crippen molar-refractivity contribution in [3.8, 4) is 0 Å². The van der Waals surface area contributed by atoms with Crippen molar-refractivity contribution in [2.24, 2.45) is 5.92 Å². The molecule has 0 amide bonds. The Morgan fingerprint density at radius 2 is 1.73 bits per heavy atom. The van der Waals surface area contributed by atoms with E-state index in [1.807, 2.05) is 13.8 Å².